The number of oxime groups is 1. The number of ether oxygens (including phenoxy) is 2. The van der Waals surface area contributed by atoms with Crippen molar-refractivity contribution in [3.8, 4) is 11.5 Å². The smallest absolute Gasteiger partial charge is 0.142 e. The van der Waals surface area contributed by atoms with Gasteiger partial charge in [0.1, 0.15) is 18.1 Å². The highest BCUT2D eigenvalue weighted by Gasteiger charge is 2.40. The van der Waals surface area contributed by atoms with E-state index >= 15 is 0 Å². The zero-order valence-electron chi connectivity index (χ0n) is 20.8. The number of nitrogens with zero attached hydrogens (tertiary/aromatic N) is 2. The molecule has 0 saturated carbocycles. The van der Waals surface area contributed by atoms with Gasteiger partial charge in [0.15, 0.2) is 0 Å². The molecule has 35 heavy (non-hydrogen) atoms. The molecule has 0 spiro atoms. The fourth-order valence-corrected chi connectivity index (χ4v) is 4.86. The maximum Gasteiger partial charge on any atom is 0.142 e. The van der Waals surface area contributed by atoms with Gasteiger partial charge < -0.3 is 14.3 Å². The summed E-state index contributed by atoms with van der Waals surface area (Å²) in [5, 5.41) is 4.69. The van der Waals surface area contributed by atoms with Gasteiger partial charge in [-0.3, -0.25) is 4.90 Å². The lowest BCUT2D eigenvalue weighted by molar-refractivity contribution is 0.0941. The fraction of sp³-hybridized carbons (Fsp3) is 0.300. The molecule has 5 nitrogen and oxygen atoms in total. The predicted molar refractivity (Wildman–Crippen MR) is 141 cm³/mol. The van der Waals surface area contributed by atoms with Crippen LogP contribution in [-0.4, -0.2) is 31.4 Å². The van der Waals surface area contributed by atoms with Gasteiger partial charge in [-0.15, -0.1) is 6.58 Å². The SMILES string of the molecule is C=CCN1C(c2ccc(OC)cc2)C/C(=N\OCc2ccccc2)C(C)C1c1ccc(OC)cc1. The molecular formula is C30H34N2O3. The molecule has 1 aliphatic rings. The number of benzene rings is 3. The number of hydrogen-bond acceptors (Lipinski definition) is 5. The van der Waals surface area contributed by atoms with Crippen LogP contribution in [0.25, 0.3) is 0 Å². The fourth-order valence-electron chi connectivity index (χ4n) is 4.86. The van der Waals surface area contributed by atoms with Crippen molar-refractivity contribution in [2.45, 2.75) is 32.0 Å². The Morgan fingerprint density at radius 3 is 2.06 bits per heavy atom. The summed E-state index contributed by atoms with van der Waals surface area (Å²) in [6.45, 7) is 7.50. The molecule has 3 aromatic carbocycles. The molecule has 0 amide bonds. The Labute approximate surface area is 208 Å². The Morgan fingerprint density at radius 1 is 0.886 bits per heavy atom. The summed E-state index contributed by atoms with van der Waals surface area (Å²) in [6, 6.07) is 27.0. The summed E-state index contributed by atoms with van der Waals surface area (Å²) in [7, 11) is 3.38. The minimum absolute atomic E-state index is 0.110. The Balaban J connectivity index is 1.70. The minimum Gasteiger partial charge on any atom is -0.497 e. The second kappa shape index (κ2) is 11.7. The first kappa shape index (κ1) is 24.6. The van der Waals surface area contributed by atoms with E-state index in [-0.39, 0.29) is 18.0 Å². The van der Waals surface area contributed by atoms with E-state index in [4.69, 9.17) is 14.3 Å². The maximum absolute atomic E-state index is 5.88. The molecule has 4 rings (SSSR count). The average molecular weight is 471 g/mol. The van der Waals surface area contributed by atoms with Crippen molar-refractivity contribution in [1.29, 1.82) is 0 Å². The van der Waals surface area contributed by atoms with E-state index in [2.05, 4.69) is 60.0 Å². The van der Waals surface area contributed by atoms with E-state index in [0.717, 1.165) is 35.7 Å². The Hall–Kier alpha value is -3.57. The van der Waals surface area contributed by atoms with Gasteiger partial charge >= 0.3 is 0 Å². The second-order valence-corrected chi connectivity index (χ2v) is 8.83. The van der Waals surface area contributed by atoms with Gasteiger partial charge in [0, 0.05) is 31.0 Å². The van der Waals surface area contributed by atoms with Crippen LogP contribution in [0, 0.1) is 5.92 Å². The van der Waals surface area contributed by atoms with Gasteiger partial charge in [0.2, 0.25) is 0 Å². The van der Waals surface area contributed by atoms with Crippen LogP contribution >= 0.6 is 0 Å². The molecule has 182 valence electrons. The Kier molecular flexibility index (Phi) is 8.22. The van der Waals surface area contributed by atoms with Crippen LogP contribution in [0.2, 0.25) is 0 Å². The van der Waals surface area contributed by atoms with Crippen LogP contribution in [0.15, 0.2) is 96.7 Å². The molecule has 1 saturated heterocycles. The highest BCUT2D eigenvalue weighted by molar-refractivity contribution is 5.88. The van der Waals surface area contributed by atoms with Gasteiger partial charge in [0.25, 0.3) is 0 Å². The van der Waals surface area contributed by atoms with Crippen LogP contribution < -0.4 is 9.47 Å². The largest absolute Gasteiger partial charge is 0.497 e. The molecule has 1 heterocycles. The Morgan fingerprint density at radius 2 is 1.49 bits per heavy atom. The monoisotopic (exact) mass is 470 g/mol. The van der Waals surface area contributed by atoms with E-state index in [1.807, 2.05) is 48.5 Å². The predicted octanol–water partition coefficient (Wildman–Crippen LogP) is 6.59. The summed E-state index contributed by atoms with van der Waals surface area (Å²) in [5.74, 6) is 1.85. The van der Waals surface area contributed by atoms with Gasteiger partial charge in [-0.1, -0.05) is 72.8 Å². The summed E-state index contributed by atoms with van der Waals surface area (Å²) < 4.78 is 10.8. The molecule has 3 atom stereocenters. The zero-order chi connectivity index (χ0) is 24.6. The molecule has 0 bridgehead atoms. The highest BCUT2D eigenvalue weighted by atomic mass is 16.6. The number of methoxy groups -OCH3 is 2. The summed E-state index contributed by atoms with van der Waals surface area (Å²) in [5.41, 5.74) is 4.60. The van der Waals surface area contributed by atoms with Crippen molar-refractivity contribution in [1.82, 2.24) is 4.90 Å². The first-order valence-corrected chi connectivity index (χ1v) is 12.0. The first-order chi connectivity index (χ1) is 17.1. The highest BCUT2D eigenvalue weighted by Crippen LogP contribution is 2.44. The van der Waals surface area contributed by atoms with E-state index in [9.17, 15) is 0 Å². The second-order valence-electron chi connectivity index (χ2n) is 8.83. The quantitative estimate of drug-likeness (QED) is 0.261. The average Bonchev–Trinajstić information content (AvgIpc) is 2.91. The summed E-state index contributed by atoms with van der Waals surface area (Å²) >= 11 is 0. The molecule has 0 aliphatic carbocycles. The standard InChI is InChI=1S/C30H34N2O3/c1-5-19-32-29(24-11-15-26(33-3)16-12-24)20-28(31-35-21-23-9-7-6-8-10-23)22(2)30(32)25-13-17-27(34-4)18-14-25/h5-18,22,29-30H,1,19-21H2,2-4H3/b31-28+. The molecule has 3 unspecified atom stereocenters. The number of rotatable bonds is 9. The van der Waals surface area contributed by atoms with Crippen LogP contribution in [-0.2, 0) is 11.4 Å². The van der Waals surface area contributed by atoms with Gasteiger partial charge in [-0.2, -0.15) is 0 Å². The maximum atomic E-state index is 5.88. The molecule has 0 aromatic heterocycles. The lowest BCUT2D eigenvalue weighted by atomic mass is 9.79. The van der Waals surface area contributed by atoms with Crippen molar-refractivity contribution in [3.05, 3.63) is 108 Å². The molecule has 0 N–H and O–H groups in total. The van der Waals surface area contributed by atoms with Crippen molar-refractivity contribution in [3.63, 3.8) is 0 Å². The van der Waals surface area contributed by atoms with Crippen LogP contribution in [0.4, 0.5) is 0 Å². The van der Waals surface area contributed by atoms with Crippen LogP contribution in [0.3, 0.4) is 0 Å². The third kappa shape index (κ3) is 5.75. The van der Waals surface area contributed by atoms with Gasteiger partial charge in [-0.25, -0.2) is 0 Å². The number of likely N-dealkylation sites (tertiary alicyclic amines) is 1. The normalized spacial score (nSPS) is 21.5. The van der Waals surface area contributed by atoms with Crippen molar-refractivity contribution in [2.75, 3.05) is 20.8 Å². The lowest BCUT2D eigenvalue weighted by Gasteiger charge is -2.46. The van der Waals surface area contributed by atoms with Crippen molar-refractivity contribution in [2.24, 2.45) is 11.1 Å². The molecule has 0 radical (unpaired) electrons. The van der Waals surface area contributed by atoms with E-state index in [0.29, 0.717) is 6.61 Å². The first-order valence-electron chi connectivity index (χ1n) is 12.0. The van der Waals surface area contributed by atoms with Crippen LogP contribution in [0.5, 0.6) is 11.5 Å². The van der Waals surface area contributed by atoms with Gasteiger partial charge in [-0.05, 0) is 41.0 Å². The van der Waals surface area contributed by atoms with Crippen molar-refractivity contribution < 1.29 is 14.3 Å². The van der Waals surface area contributed by atoms with E-state index in [1.165, 1.54) is 11.1 Å². The molecule has 1 fully saturated rings. The van der Waals surface area contributed by atoms with E-state index < -0.39 is 0 Å². The molecule has 5 heteroatoms. The minimum atomic E-state index is 0.110. The van der Waals surface area contributed by atoms with Crippen LogP contribution in [0.1, 0.15) is 42.1 Å². The third-order valence-corrected chi connectivity index (χ3v) is 6.71. The molecule has 3 aromatic rings. The van der Waals surface area contributed by atoms with Gasteiger partial charge in [0.05, 0.1) is 19.9 Å². The third-order valence-electron chi connectivity index (χ3n) is 6.71. The number of hydrogen-bond donors (Lipinski definition) is 0. The van der Waals surface area contributed by atoms with Crippen molar-refractivity contribution >= 4 is 5.71 Å². The topological polar surface area (TPSA) is 43.3 Å². The molecule has 1 aliphatic heterocycles. The lowest BCUT2D eigenvalue weighted by Crippen LogP contribution is -2.45. The summed E-state index contributed by atoms with van der Waals surface area (Å²) in [4.78, 5) is 8.39. The number of piperidine rings is 1. The van der Waals surface area contributed by atoms with E-state index in [1.54, 1.807) is 14.2 Å². The zero-order valence-corrected chi connectivity index (χ0v) is 20.8. The molecular weight excluding hydrogens is 436 g/mol. The summed E-state index contributed by atoms with van der Waals surface area (Å²) in [6.07, 6.45) is 2.76. The Bertz CT molecular complexity index is 1110.